The molecule has 0 unspecified atom stereocenters. The largest absolute Gasteiger partial charge is 0.478 e. The molecule has 0 bridgehead atoms. The topological polar surface area (TPSA) is 64.2 Å². The van der Waals surface area contributed by atoms with Crippen LogP contribution < -0.4 is 5.69 Å². The number of rotatable bonds is 8. The van der Waals surface area contributed by atoms with Gasteiger partial charge in [-0.05, 0) is 41.5 Å². The van der Waals surface area contributed by atoms with Crippen molar-refractivity contribution in [2.24, 2.45) is 5.92 Å². The molecule has 2 aromatic carbocycles. The summed E-state index contributed by atoms with van der Waals surface area (Å²) in [5.41, 5.74) is 4.01. The first-order valence-corrected chi connectivity index (χ1v) is 11.8. The zero-order valence-corrected chi connectivity index (χ0v) is 18.8. The third kappa shape index (κ3) is 4.87. The summed E-state index contributed by atoms with van der Waals surface area (Å²) in [5, 5.41) is 9.45. The third-order valence-corrected chi connectivity index (χ3v) is 6.76. The molecule has 5 nitrogen and oxygen atoms in total. The van der Waals surface area contributed by atoms with Gasteiger partial charge in [-0.3, -0.25) is 9.13 Å². The van der Waals surface area contributed by atoms with Gasteiger partial charge in [0.2, 0.25) is 0 Å². The fourth-order valence-electron chi connectivity index (χ4n) is 4.89. The molecule has 0 radical (unpaired) electrons. The first-order valence-electron chi connectivity index (χ1n) is 11.8. The third-order valence-electron chi connectivity index (χ3n) is 6.76. The Labute approximate surface area is 189 Å². The van der Waals surface area contributed by atoms with E-state index in [1.54, 1.807) is 12.1 Å². The number of aromatic carboxylic acids is 1. The lowest BCUT2D eigenvalue weighted by Gasteiger charge is -2.21. The summed E-state index contributed by atoms with van der Waals surface area (Å²) in [6.45, 7) is 3.41. The normalized spacial score (nSPS) is 14.5. The molecular weight excluding hydrogens is 400 g/mol. The van der Waals surface area contributed by atoms with Gasteiger partial charge in [-0.2, -0.15) is 0 Å². The van der Waals surface area contributed by atoms with Crippen LogP contribution in [0.25, 0.3) is 11.1 Å². The highest BCUT2D eigenvalue weighted by Gasteiger charge is 2.16. The predicted octanol–water partition coefficient (Wildman–Crippen LogP) is 5.60. The van der Waals surface area contributed by atoms with Crippen molar-refractivity contribution < 1.29 is 9.90 Å². The van der Waals surface area contributed by atoms with Gasteiger partial charge in [-0.25, -0.2) is 9.59 Å². The van der Waals surface area contributed by atoms with E-state index in [-0.39, 0.29) is 5.69 Å². The molecular formula is C27H32N2O3. The maximum absolute atomic E-state index is 13.1. The number of aryl methyl sites for hydroxylation is 2. The van der Waals surface area contributed by atoms with Gasteiger partial charge in [0, 0.05) is 18.4 Å². The first-order chi connectivity index (χ1) is 15.6. The molecule has 4 rings (SSSR count). The second-order valence-corrected chi connectivity index (χ2v) is 8.88. The first kappa shape index (κ1) is 22.1. The maximum atomic E-state index is 13.1. The van der Waals surface area contributed by atoms with Crippen LogP contribution in [0, 0.1) is 5.92 Å². The molecule has 168 valence electrons. The highest BCUT2D eigenvalue weighted by molar-refractivity contribution is 5.95. The van der Waals surface area contributed by atoms with Gasteiger partial charge in [0.15, 0.2) is 0 Å². The van der Waals surface area contributed by atoms with Gasteiger partial charge in [-0.1, -0.05) is 81.5 Å². The Morgan fingerprint density at radius 2 is 1.75 bits per heavy atom. The van der Waals surface area contributed by atoms with Gasteiger partial charge in [0.05, 0.1) is 12.1 Å². The van der Waals surface area contributed by atoms with E-state index in [1.807, 2.05) is 51.7 Å². The van der Waals surface area contributed by atoms with Crippen LogP contribution in [0.2, 0.25) is 0 Å². The molecule has 32 heavy (non-hydrogen) atoms. The summed E-state index contributed by atoms with van der Waals surface area (Å²) in [7, 11) is 0. The van der Waals surface area contributed by atoms with Crippen molar-refractivity contribution in [2.45, 2.75) is 65.0 Å². The quantitative estimate of drug-likeness (QED) is 0.504. The van der Waals surface area contributed by atoms with Crippen LogP contribution in [0.3, 0.4) is 0 Å². The van der Waals surface area contributed by atoms with Gasteiger partial charge in [0.1, 0.15) is 0 Å². The molecule has 1 aliphatic carbocycles. The molecule has 1 saturated carbocycles. The zero-order chi connectivity index (χ0) is 22.5. The van der Waals surface area contributed by atoms with E-state index in [1.165, 1.54) is 32.1 Å². The Balaban J connectivity index is 1.51. The van der Waals surface area contributed by atoms with Crippen molar-refractivity contribution in [3.8, 4) is 11.1 Å². The van der Waals surface area contributed by atoms with Crippen molar-refractivity contribution >= 4 is 5.97 Å². The van der Waals surface area contributed by atoms with Crippen molar-refractivity contribution in [3.05, 3.63) is 82.0 Å². The molecule has 3 aromatic rings. The second kappa shape index (κ2) is 10.0. The Morgan fingerprint density at radius 1 is 1.03 bits per heavy atom. The van der Waals surface area contributed by atoms with E-state index in [9.17, 15) is 14.7 Å². The lowest BCUT2D eigenvalue weighted by Crippen LogP contribution is -2.26. The van der Waals surface area contributed by atoms with E-state index in [2.05, 4.69) is 6.92 Å². The van der Waals surface area contributed by atoms with Gasteiger partial charge < -0.3 is 5.11 Å². The van der Waals surface area contributed by atoms with Crippen molar-refractivity contribution in [2.75, 3.05) is 0 Å². The number of imidazole rings is 1. The minimum absolute atomic E-state index is 0.0676. The Kier molecular flexibility index (Phi) is 6.93. The second-order valence-electron chi connectivity index (χ2n) is 8.88. The van der Waals surface area contributed by atoms with E-state index < -0.39 is 5.97 Å². The maximum Gasteiger partial charge on any atom is 0.336 e. The molecule has 5 heteroatoms. The van der Waals surface area contributed by atoms with E-state index in [0.29, 0.717) is 17.7 Å². The number of nitrogens with zero attached hydrogens (tertiary/aromatic N) is 2. The summed E-state index contributed by atoms with van der Waals surface area (Å²) < 4.78 is 3.77. The Morgan fingerprint density at radius 3 is 2.44 bits per heavy atom. The summed E-state index contributed by atoms with van der Waals surface area (Å²) in [6.07, 6.45) is 10.5. The summed E-state index contributed by atoms with van der Waals surface area (Å²) in [5.74, 6) is -0.177. The molecule has 0 aliphatic heterocycles. The Bertz CT molecular complexity index is 1120. The zero-order valence-electron chi connectivity index (χ0n) is 18.8. The lowest BCUT2D eigenvalue weighted by molar-refractivity contribution is 0.0697. The van der Waals surface area contributed by atoms with Crippen LogP contribution in [-0.2, 0) is 19.5 Å². The highest BCUT2D eigenvalue weighted by atomic mass is 16.4. The lowest BCUT2D eigenvalue weighted by atomic mass is 9.87. The van der Waals surface area contributed by atoms with E-state index >= 15 is 0 Å². The molecule has 0 amide bonds. The smallest absolute Gasteiger partial charge is 0.336 e. The molecule has 0 atom stereocenters. The number of hydrogen-bond acceptors (Lipinski definition) is 2. The number of aromatic nitrogens is 2. The van der Waals surface area contributed by atoms with Crippen molar-refractivity contribution in [1.82, 2.24) is 9.13 Å². The number of carboxylic acids is 1. The van der Waals surface area contributed by atoms with Crippen molar-refractivity contribution in [3.63, 3.8) is 0 Å². The van der Waals surface area contributed by atoms with Gasteiger partial charge >= 0.3 is 11.7 Å². The van der Waals surface area contributed by atoms with E-state index in [0.717, 1.165) is 42.1 Å². The van der Waals surface area contributed by atoms with Crippen LogP contribution in [0.15, 0.2) is 59.5 Å². The fraction of sp³-hybridized carbons (Fsp3) is 0.407. The number of benzene rings is 2. The number of hydrogen-bond donors (Lipinski definition) is 1. The molecule has 1 aliphatic rings. The van der Waals surface area contributed by atoms with Gasteiger partial charge in [-0.15, -0.1) is 0 Å². The molecule has 0 saturated heterocycles. The van der Waals surface area contributed by atoms with Crippen LogP contribution in [0.4, 0.5) is 0 Å². The van der Waals surface area contributed by atoms with Crippen LogP contribution >= 0.6 is 0 Å². The number of carbonyl (C=O) groups is 1. The SMILES string of the molecule is CCc1cn(CCC2CCCCC2)c(=O)n1Cc1ccc(-c2ccccc2C(=O)O)cc1. The van der Waals surface area contributed by atoms with Crippen LogP contribution in [0.1, 0.15) is 67.1 Å². The molecule has 1 aromatic heterocycles. The summed E-state index contributed by atoms with van der Waals surface area (Å²) in [4.78, 5) is 24.6. The number of carboxylic acid groups (broad SMARTS) is 1. The molecule has 0 spiro atoms. The standard InChI is InChI=1S/C27H32N2O3/c1-2-23-19-28(17-16-20-8-4-3-5-9-20)27(32)29(23)18-21-12-14-22(15-13-21)24-10-6-7-11-25(24)26(30)31/h6-7,10-15,19-20H,2-5,8-9,16-18H2,1H3,(H,30,31). The van der Waals surface area contributed by atoms with Crippen LogP contribution in [-0.4, -0.2) is 20.2 Å². The minimum atomic E-state index is -0.932. The average molecular weight is 433 g/mol. The summed E-state index contributed by atoms with van der Waals surface area (Å²) in [6, 6.07) is 14.9. The predicted molar refractivity (Wildman–Crippen MR) is 127 cm³/mol. The molecule has 1 fully saturated rings. The van der Waals surface area contributed by atoms with Crippen molar-refractivity contribution in [1.29, 1.82) is 0 Å². The average Bonchev–Trinajstić information content (AvgIpc) is 3.13. The molecule has 1 heterocycles. The fourth-order valence-corrected chi connectivity index (χ4v) is 4.89. The Hall–Kier alpha value is -3.08. The van der Waals surface area contributed by atoms with Gasteiger partial charge in [0.25, 0.3) is 0 Å². The molecule has 1 N–H and O–H groups in total. The van der Waals surface area contributed by atoms with Crippen LogP contribution in [0.5, 0.6) is 0 Å². The van der Waals surface area contributed by atoms with E-state index in [4.69, 9.17) is 0 Å². The highest BCUT2D eigenvalue weighted by Crippen LogP contribution is 2.27. The monoisotopic (exact) mass is 432 g/mol. The minimum Gasteiger partial charge on any atom is -0.478 e. The summed E-state index contributed by atoms with van der Waals surface area (Å²) >= 11 is 0.